The molecule has 0 spiro atoms. The van der Waals surface area contributed by atoms with Gasteiger partial charge in [-0.25, -0.2) is 0 Å². The van der Waals surface area contributed by atoms with Crippen molar-refractivity contribution in [2.45, 2.75) is 26.1 Å². The molecule has 4 rings (SSSR count). The van der Waals surface area contributed by atoms with Gasteiger partial charge in [0.15, 0.2) is 0 Å². The first-order valence-electron chi connectivity index (χ1n) is 8.93. The van der Waals surface area contributed by atoms with Crippen LogP contribution in [-0.4, -0.2) is 6.54 Å². The van der Waals surface area contributed by atoms with Gasteiger partial charge >= 0.3 is 0 Å². The average molecular weight is 328 g/mol. The third-order valence-electron chi connectivity index (χ3n) is 5.09. The van der Waals surface area contributed by atoms with Crippen molar-refractivity contribution in [3.63, 3.8) is 0 Å². The number of aryl methyl sites for hydroxylation is 2. The molecule has 0 aromatic heterocycles. The molecule has 1 fully saturated rings. The van der Waals surface area contributed by atoms with E-state index in [0.717, 1.165) is 6.54 Å². The summed E-state index contributed by atoms with van der Waals surface area (Å²) in [6.45, 7) is 5.24. The molecule has 0 saturated carbocycles. The summed E-state index contributed by atoms with van der Waals surface area (Å²) >= 11 is 0. The van der Waals surface area contributed by atoms with E-state index in [1.165, 1.54) is 33.4 Å². The molecule has 1 heterocycles. The summed E-state index contributed by atoms with van der Waals surface area (Å²) in [5, 5.41) is 7.32. The Labute approximate surface area is 149 Å². The zero-order valence-electron chi connectivity index (χ0n) is 14.8. The minimum atomic E-state index is 0.225. The molecule has 2 N–H and O–H groups in total. The number of hydrogen-bond donors (Lipinski definition) is 2. The Bertz CT molecular complexity index is 850. The van der Waals surface area contributed by atoms with Gasteiger partial charge in [0, 0.05) is 12.6 Å². The van der Waals surface area contributed by atoms with Gasteiger partial charge in [0.05, 0.1) is 6.17 Å². The van der Waals surface area contributed by atoms with E-state index >= 15 is 0 Å². The highest BCUT2D eigenvalue weighted by molar-refractivity contribution is 5.64. The van der Waals surface area contributed by atoms with Crippen molar-refractivity contribution < 1.29 is 0 Å². The lowest BCUT2D eigenvalue weighted by Gasteiger charge is -2.16. The van der Waals surface area contributed by atoms with Gasteiger partial charge in [0.2, 0.25) is 0 Å². The molecule has 0 radical (unpaired) electrons. The van der Waals surface area contributed by atoms with E-state index in [-0.39, 0.29) is 6.17 Å². The van der Waals surface area contributed by atoms with Gasteiger partial charge in [-0.2, -0.15) is 0 Å². The summed E-state index contributed by atoms with van der Waals surface area (Å²) in [6.07, 6.45) is 0.225. The highest BCUT2D eigenvalue weighted by atomic mass is 15.2. The minimum absolute atomic E-state index is 0.225. The van der Waals surface area contributed by atoms with Gasteiger partial charge in [-0.05, 0) is 41.7 Å². The van der Waals surface area contributed by atoms with E-state index in [0.29, 0.717) is 6.04 Å². The second-order valence-corrected chi connectivity index (χ2v) is 6.91. The van der Waals surface area contributed by atoms with Crippen LogP contribution in [0.5, 0.6) is 0 Å². The summed E-state index contributed by atoms with van der Waals surface area (Å²) in [5.41, 5.74) is 7.82. The van der Waals surface area contributed by atoms with E-state index in [4.69, 9.17) is 0 Å². The van der Waals surface area contributed by atoms with Crippen LogP contribution < -0.4 is 10.6 Å². The van der Waals surface area contributed by atoms with Crippen molar-refractivity contribution >= 4 is 0 Å². The van der Waals surface area contributed by atoms with Crippen molar-refractivity contribution in [3.8, 4) is 11.1 Å². The van der Waals surface area contributed by atoms with Crippen LogP contribution in [0.15, 0.2) is 72.8 Å². The molecule has 1 saturated heterocycles. The molecule has 1 aliphatic rings. The first-order chi connectivity index (χ1) is 12.2. The second kappa shape index (κ2) is 6.83. The van der Waals surface area contributed by atoms with Crippen molar-refractivity contribution in [2.75, 3.05) is 6.54 Å². The molecular formula is C23H24N2. The van der Waals surface area contributed by atoms with Crippen LogP contribution in [0.1, 0.15) is 34.5 Å². The molecule has 126 valence electrons. The quantitative estimate of drug-likeness (QED) is 0.714. The lowest BCUT2D eigenvalue weighted by atomic mass is 10.0. The van der Waals surface area contributed by atoms with E-state index < -0.39 is 0 Å². The average Bonchev–Trinajstić information content (AvgIpc) is 3.13. The molecule has 0 aliphatic carbocycles. The number of nitrogens with one attached hydrogen (secondary N) is 2. The molecule has 0 amide bonds. The highest BCUT2D eigenvalue weighted by Crippen LogP contribution is 2.27. The van der Waals surface area contributed by atoms with Crippen LogP contribution in [0.3, 0.4) is 0 Å². The summed E-state index contributed by atoms with van der Waals surface area (Å²) in [7, 11) is 0. The van der Waals surface area contributed by atoms with E-state index in [9.17, 15) is 0 Å². The standard InChI is InChI=1S/C23H24N2/c1-16-7-9-18(10-8-16)19-11-13-20(14-12-19)22-15-24-23(25-22)21-6-4-3-5-17(21)2/h3-14,22-25H,15H2,1-2H3. The summed E-state index contributed by atoms with van der Waals surface area (Å²) in [5.74, 6) is 0. The van der Waals surface area contributed by atoms with E-state index in [1.807, 2.05) is 0 Å². The molecule has 3 aromatic rings. The van der Waals surface area contributed by atoms with Gasteiger partial charge in [-0.3, -0.25) is 10.6 Å². The maximum atomic E-state index is 3.72. The molecule has 2 atom stereocenters. The van der Waals surface area contributed by atoms with Gasteiger partial charge < -0.3 is 0 Å². The number of benzene rings is 3. The van der Waals surface area contributed by atoms with Crippen molar-refractivity contribution in [3.05, 3.63) is 95.1 Å². The number of rotatable bonds is 3. The molecule has 0 bridgehead atoms. The monoisotopic (exact) mass is 328 g/mol. The van der Waals surface area contributed by atoms with Gasteiger partial charge in [-0.1, -0.05) is 78.4 Å². The molecule has 3 aromatic carbocycles. The Morgan fingerprint density at radius 1 is 0.760 bits per heavy atom. The SMILES string of the molecule is Cc1ccc(-c2ccc(C3CNC(c4ccccc4C)N3)cc2)cc1. The molecule has 2 nitrogen and oxygen atoms in total. The van der Waals surface area contributed by atoms with E-state index in [1.54, 1.807) is 0 Å². The van der Waals surface area contributed by atoms with Crippen LogP contribution in [0.25, 0.3) is 11.1 Å². The minimum Gasteiger partial charge on any atom is -0.296 e. The summed E-state index contributed by atoms with van der Waals surface area (Å²) in [6, 6.07) is 26.6. The van der Waals surface area contributed by atoms with Crippen molar-refractivity contribution in [1.82, 2.24) is 10.6 Å². The Balaban J connectivity index is 1.50. The fourth-order valence-corrected chi connectivity index (χ4v) is 3.53. The largest absolute Gasteiger partial charge is 0.296 e. The zero-order chi connectivity index (χ0) is 17.2. The van der Waals surface area contributed by atoms with Crippen LogP contribution in [-0.2, 0) is 0 Å². The first kappa shape index (κ1) is 16.1. The van der Waals surface area contributed by atoms with Crippen molar-refractivity contribution in [1.29, 1.82) is 0 Å². The Hall–Kier alpha value is -2.42. The van der Waals surface area contributed by atoms with Crippen molar-refractivity contribution in [2.24, 2.45) is 0 Å². The lowest BCUT2D eigenvalue weighted by Crippen LogP contribution is -2.23. The Morgan fingerprint density at radius 2 is 1.40 bits per heavy atom. The Kier molecular flexibility index (Phi) is 4.39. The van der Waals surface area contributed by atoms with Gasteiger partial charge in [0.1, 0.15) is 0 Å². The zero-order valence-corrected chi connectivity index (χ0v) is 14.8. The lowest BCUT2D eigenvalue weighted by molar-refractivity contribution is 0.552. The second-order valence-electron chi connectivity index (χ2n) is 6.91. The van der Waals surface area contributed by atoms with Crippen LogP contribution >= 0.6 is 0 Å². The van der Waals surface area contributed by atoms with Crippen LogP contribution in [0.4, 0.5) is 0 Å². The third kappa shape index (κ3) is 3.37. The van der Waals surface area contributed by atoms with E-state index in [2.05, 4.69) is 97.3 Å². The maximum absolute atomic E-state index is 3.72. The normalized spacial score (nSPS) is 19.9. The third-order valence-corrected chi connectivity index (χ3v) is 5.09. The predicted octanol–water partition coefficient (Wildman–Crippen LogP) is 4.90. The fraction of sp³-hybridized carbons (Fsp3) is 0.217. The highest BCUT2D eigenvalue weighted by Gasteiger charge is 2.25. The maximum Gasteiger partial charge on any atom is 0.0843 e. The smallest absolute Gasteiger partial charge is 0.0843 e. The Morgan fingerprint density at radius 3 is 2.08 bits per heavy atom. The fourth-order valence-electron chi connectivity index (χ4n) is 3.53. The molecular weight excluding hydrogens is 304 g/mol. The topological polar surface area (TPSA) is 24.1 Å². The molecule has 1 aliphatic heterocycles. The van der Waals surface area contributed by atoms with Gasteiger partial charge in [0.25, 0.3) is 0 Å². The molecule has 25 heavy (non-hydrogen) atoms. The summed E-state index contributed by atoms with van der Waals surface area (Å²) < 4.78 is 0. The molecule has 2 unspecified atom stereocenters. The van der Waals surface area contributed by atoms with Gasteiger partial charge in [-0.15, -0.1) is 0 Å². The van der Waals surface area contributed by atoms with Crippen LogP contribution in [0.2, 0.25) is 0 Å². The van der Waals surface area contributed by atoms with Crippen LogP contribution in [0, 0.1) is 13.8 Å². The predicted molar refractivity (Wildman–Crippen MR) is 104 cm³/mol. The molecule has 2 heteroatoms. The number of hydrogen-bond acceptors (Lipinski definition) is 2. The summed E-state index contributed by atoms with van der Waals surface area (Å²) in [4.78, 5) is 0. The first-order valence-corrected chi connectivity index (χ1v) is 8.93.